The number of carboxylic acids is 1. The van der Waals surface area contributed by atoms with Gasteiger partial charge >= 0.3 is 11.9 Å². The molecule has 0 saturated heterocycles. The summed E-state index contributed by atoms with van der Waals surface area (Å²) in [5, 5.41) is 8.57. The molecule has 1 N–H and O–H groups in total. The maximum Gasteiger partial charge on any atom is 0.309 e. The molecule has 0 aliphatic carbocycles. The molecular formula is C8H14O4. The molecule has 12 heavy (non-hydrogen) atoms. The first-order valence-electron chi connectivity index (χ1n) is 4.00. The van der Waals surface area contributed by atoms with Gasteiger partial charge in [0.1, 0.15) is 6.61 Å². The van der Waals surface area contributed by atoms with Gasteiger partial charge < -0.3 is 9.84 Å². The molecule has 0 aromatic heterocycles. The molecule has 0 aromatic carbocycles. The van der Waals surface area contributed by atoms with Gasteiger partial charge in [-0.25, -0.2) is 0 Å². The molecular weight excluding hydrogens is 160 g/mol. The number of hydrogen-bond acceptors (Lipinski definition) is 3. The van der Waals surface area contributed by atoms with Gasteiger partial charge in [-0.15, -0.1) is 0 Å². The van der Waals surface area contributed by atoms with E-state index in [1.807, 2.05) is 0 Å². The van der Waals surface area contributed by atoms with E-state index in [0.29, 0.717) is 6.42 Å². The molecule has 0 radical (unpaired) electrons. The van der Waals surface area contributed by atoms with Crippen LogP contribution in [0.4, 0.5) is 0 Å². The Hall–Kier alpha value is -1.06. The van der Waals surface area contributed by atoms with Crippen molar-refractivity contribution in [3.05, 3.63) is 0 Å². The van der Waals surface area contributed by atoms with Crippen molar-refractivity contribution in [3.63, 3.8) is 0 Å². The van der Waals surface area contributed by atoms with Gasteiger partial charge in [0.25, 0.3) is 0 Å². The Morgan fingerprint density at radius 3 is 2.33 bits per heavy atom. The summed E-state index contributed by atoms with van der Waals surface area (Å²) in [6.07, 6.45) is 0.766. The van der Waals surface area contributed by atoms with E-state index in [-0.39, 0.29) is 19.0 Å². The second-order valence-corrected chi connectivity index (χ2v) is 2.48. The van der Waals surface area contributed by atoms with E-state index in [0.717, 1.165) is 0 Å². The topological polar surface area (TPSA) is 63.6 Å². The number of rotatable bonds is 5. The second-order valence-electron chi connectivity index (χ2n) is 2.48. The van der Waals surface area contributed by atoms with E-state index in [4.69, 9.17) is 5.11 Å². The number of carbonyl (C=O) groups excluding carboxylic acids is 1. The minimum absolute atomic E-state index is 0.0154. The van der Waals surface area contributed by atoms with Crippen LogP contribution in [0.3, 0.4) is 0 Å². The van der Waals surface area contributed by atoms with Crippen molar-refractivity contribution in [1.29, 1.82) is 0 Å². The molecule has 4 nitrogen and oxygen atoms in total. The van der Waals surface area contributed by atoms with E-state index in [1.54, 1.807) is 13.8 Å². The lowest BCUT2D eigenvalue weighted by Gasteiger charge is -2.09. The molecule has 1 unspecified atom stereocenters. The highest BCUT2D eigenvalue weighted by molar-refractivity contribution is 5.72. The molecule has 0 saturated carbocycles. The van der Waals surface area contributed by atoms with Crippen molar-refractivity contribution in [2.45, 2.75) is 26.7 Å². The Kier molecular flexibility index (Phi) is 5.08. The SMILES string of the molecule is CCC(=O)OCC(CC)C(=O)O. The molecule has 70 valence electrons. The van der Waals surface area contributed by atoms with Crippen molar-refractivity contribution in [2.24, 2.45) is 5.92 Å². The maximum atomic E-state index is 10.6. The summed E-state index contributed by atoms with van der Waals surface area (Å²) >= 11 is 0. The Morgan fingerprint density at radius 2 is 2.00 bits per heavy atom. The standard InChI is InChI=1S/C8H14O4/c1-3-6(8(10)11)5-12-7(9)4-2/h6H,3-5H2,1-2H3,(H,10,11). The van der Waals surface area contributed by atoms with Gasteiger partial charge in [0.2, 0.25) is 0 Å². The molecule has 0 fully saturated rings. The van der Waals surface area contributed by atoms with Gasteiger partial charge in [-0.05, 0) is 6.42 Å². The summed E-state index contributed by atoms with van der Waals surface area (Å²) < 4.78 is 4.69. The Labute approximate surface area is 71.5 Å². The molecule has 0 aliphatic heterocycles. The number of carbonyl (C=O) groups is 2. The van der Waals surface area contributed by atoms with Crippen LogP contribution in [0.1, 0.15) is 26.7 Å². The first-order chi connectivity index (χ1) is 5.61. The van der Waals surface area contributed by atoms with Crippen LogP contribution in [-0.2, 0) is 14.3 Å². The highest BCUT2D eigenvalue weighted by Gasteiger charge is 2.16. The lowest BCUT2D eigenvalue weighted by Crippen LogP contribution is -2.20. The van der Waals surface area contributed by atoms with Crippen molar-refractivity contribution in [2.75, 3.05) is 6.61 Å². The molecule has 0 spiro atoms. The highest BCUT2D eigenvalue weighted by atomic mass is 16.5. The Balaban J connectivity index is 3.73. The van der Waals surface area contributed by atoms with Crippen molar-refractivity contribution < 1.29 is 19.4 Å². The van der Waals surface area contributed by atoms with E-state index >= 15 is 0 Å². The predicted molar refractivity (Wildman–Crippen MR) is 42.7 cm³/mol. The number of esters is 1. The smallest absolute Gasteiger partial charge is 0.309 e. The fraction of sp³-hybridized carbons (Fsp3) is 0.750. The molecule has 0 rings (SSSR count). The number of carboxylic acid groups (broad SMARTS) is 1. The van der Waals surface area contributed by atoms with Crippen LogP contribution >= 0.6 is 0 Å². The molecule has 1 atom stereocenters. The van der Waals surface area contributed by atoms with Gasteiger partial charge in [0.15, 0.2) is 0 Å². The Morgan fingerprint density at radius 1 is 1.42 bits per heavy atom. The van der Waals surface area contributed by atoms with Crippen molar-refractivity contribution in [1.82, 2.24) is 0 Å². The van der Waals surface area contributed by atoms with Crippen LogP contribution in [0.2, 0.25) is 0 Å². The van der Waals surface area contributed by atoms with Gasteiger partial charge in [0, 0.05) is 6.42 Å². The van der Waals surface area contributed by atoms with E-state index in [9.17, 15) is 9.59 Å². The first kappa shape index (κ1) is 10.9. The summed E-state index contributed by atoms with van der Waals surface area (Å²) in [5.41, 5.74) is 0. The zero-order chi connectivity index (χ0) is 9.56. The van der Waals surface area contributed by atoms with E-state index in [1.165, 1.54) is 0 Å². The lowest BCUT2D eigenvalue weighted by atomic mass is 10.1. The number of hydrogen-bond donors (Lipinski definition) is 1. The monoisotopic (exact) mass is 174 g/mol. The zero-order valence-corrected chi connectivity index (χ0v) is 7.37. The average molecular weight is 174 g/mol. The minimum Gasteiger partial charge on any atom is -0.481 e. The van der Waals surface area contributed by atoms with Crippen LogP contribution in [0.5, 0.6) is 0 Å². The minimum atomic E-state index is -0.915. The summed E-state index contributed by atoms with van der Waals surface area (Å²) in [6, 6.07) is 0. The summed E-state index contributed by atoms with van der Waals surface area (Å²) in [5.74, 6) is -1.84. The van der Waals surface area contributed by atoms with E-state index in [2.05, 4.69) is 4.74 Å². The van der Waals surface area contributed by atoms with Gasteiger partial charge in [-0.1, -0.05) is 13.8 Å². The van der Waals surface area contributed by atoms with Gasteiger partial charge in [0.05, 0.1) is 5.92 Å². The van der Waals surface area contributed by atoms with E-state index < -0.39 is 11.9 Å². The fourth-order valence-corrected chi connectivity index (χ4v) is 0.659. The molecule has 4 heteroatoms. The lowest BCUT2D eigenvalue weighted by molar-refractivity contribution is -0.150. The number of ether oxygens (including phenoxy) is 1. The van der Waals surface area contributed by atoms with Crippen LogP contribution < -0.4 is 0 Å². The molecule has 0 aliphatic rings. The number of aliphatic carboxylic acids is 1. The van der Waals surface area contributed by atoms with Gasteiger partial charge in [-0.2, -0.15) is 0 Å². The largest absolute Gasteiger partial charge is 0.481 e. The highest BCUT2D eigenvalue weighted by Crippen LogP contribution is 2.03. The van der Waals surface area contributed by atoms with Crippen molar-refractivity contribution >= 4 is 11.9 Å². The second kappa shape index (κ2) is 5.57. The molecule has 0 bridgehead atoms. The molecule has 0 heterocycles. The summed E-state index contributed by atoms with van der Waals surface area (Å²) in [6.45, 7) is 3.40. The van der Waals surface area contributed by atoms with Crippen LogP contribution in [-0.4, -0.2) is 23.7 Å². The first-order valence-corrected chi connectivity index (χ1v) is 4.00. The summed E-state index contributed by atoms with van der Waals surface area (Å²) in [4.78, 5) is 21.1. The third-order valence-corrected chi connectivity index (χ3v) is 1.58. The van der Waals surface area contributed by atoms with Crippen molar-refractivity contribution in [3.8, 4) is 0 Å². The average Bonchev–Trinajstić information content (AvgIpc) is 2.04. The van der Waals surface area contributed by atoms with Crippen LogP contribution in [0.25, 0.3) is 0 Å². The molecule has 0 aromatic rings. The van der Waals surface area contributed by atoms with Gasteiger partial charge in [-0.3, -0.25) is 9.59 Å². The van der Waals surface area contributed by atoms with Crippen LogP contribution in [0, 0.1) is 5.92 Å². The summed E-state index contributed by atoms with van der Waals surface area (Å²) in [7, 11) is 0. The molecule has 0 amide bonds. The quantitative estimate of drug-likeness (QED) is 0.633. The third kappa shape index (κ3) is 3.95. The normalized spacial score (nSPS) is 12.2. The third-order valence-electron chi connectivity index (χ3n) is 1.58. The van der Waals surface area contributed by atoms with Crippen LogP contribution in [0.15, 0.2) is 0 Å². The fourth-order valence-electron chi connectivity index (χ4n) is 0.659. The Bertz CT molecular complexity index is 164. The zero-order valence-electron chi connectivity index (χ0n) is 7.37. The maximum absolute atomic E-state index is 10.6. The predicted octanol–water partition coefficient (Wildman–Crippen LogP) is 1.05.